The average Bonchev–Trinajstić information content (AvgIpc) is 2.82. The van der Waals surface area contributed by atoms with Crippen LogP contribution in [0.1, 0.15) is 61.4 Å². The van der Waals surface area contributed by atoms with Gasteiger partial charge in [-0.15, -0.1) is 0 Å². The molecule has 0 radical (unpaired) electrons. The molecular weight excluding hydrogens is 424 g/mol. The van der Waals surface area contributed by atoms with E-state index in [9.17, 15) is 5.11 Å². The number of benzene rings is 1. The summed E-state index contributed by atoms with van der Waals surface area (Å²) >= 11 is 6.03. The van der Waals surface area contributed by atoms with Gasteiger partial charge in [-0.25, -0.2) is 15.0 Å². The van der Waals surface area contributed by atoms with E-state index in [0.29, 0.717) is 18.2 Å². The van der Waals surface area contributed by atoms with Gasteiger partial charge in [0.15, 0.2) is 0 Å². The molecule has 2 aromatic heterocycles. The Kier molecular flexibility index (Phi) is 6.53. The third-order valence-electron chi connectivity index (χ3n) is 6.64. The summed E-state index contributed by atoms with van der Waals surface area (Å²) in [7, 11) is 0. The topological polar surface area (TPSA) is 80.2 Å². The standard InChI is InChI=1S/C25H29ClN4O2/c26-18-5-1-16(2-6-18)13-23-28-15-22-24(30-23)21(17-3-7-19(31)8-4-17)14-29-25(22)32-20-9-11-27-12-10-20/h1-2,5-6,14-15,17,19-20,27,31H,3-4,7-13H2. The second-order valence-corrected chi connectivity index (χ2v) is 9.38. The summed E-state index contributed by atoms with van der Waals surface area (Å²) in [6.45, 7) is 1.93. The number of nitrogens with one attached hydrogen (secondary N) is 1. The fourth-order valence-electron chi connectivity index (χ4n) is 4.77. The van der Waals surface area contributed by atoms with Crippen molar-refractivity contribution in [1.29, 1.82) is 0 Å². The lowest BCUT2D eigenvalue weighted by molar-refractivity contribution is 0.122. The molecule has 2 aliphatic rings. The average molecular weight is 453 g/mol. The summed E-state index contributed by atoms with van der Waals surface area (Å²) in [4.78, 5) is 14.4. The molecule has 1 saturated carbocycles. The van der Waals surface area contributed by atoms with Gasteiger partial charge in [0.05, 0.1) is 17.0 Å². The van der Waals surface area contributed by atoms with Crippen LogP contribution in [0.4, 0.5) is 0 Å². The molecule has 0 amide bonds. The molecule has 3 aromatic rings. The minimum atomic E-state index is -0.192. The fourth-order valence-corrected chi connectivity index (χ4v) is 4.90. The van der Waals surface area contributed by atoms with Gasteiger partial charge in [0.2, 0.25) is 5.88 Å². The molecule has 0 bridgehead atoms. The van der Waals surface area contributed by atoms with E-state index >= 15 is 0 Å². The first-order valence-electron chi connectivity index (χ1n) is 11.6. The summed E-state index contributed by atoms with van der Waals surface area (Å²) in [6, 6.07) is 7.81. The second-order valence-electron chi connectivity index (χ2n) is 8.94. The number of halogens is 1. The van der Waals surface area contributed by atoms with Crippen LogP contribution in [0.2, 0.25) is 5.02 Å². The van der Waals surface area contributed by atoms with Crippen molar-refractivity contribution >= 4 is 22.5 Å². The summed E-state index contributed by atoms with van der Waals surface area (Å²) in [5, 5.41) is 14.9. The zero-order valence-electron chi connectivity index (χ0n) is 18.1. The van der Waals surface area contributed by atoms with Crippen molar-refractivity contribution in [1.82, 2.24) is 20.3 Å². The van der Waals surface area contributed by atoms with Gasteiger partial charge in [-0.3, -0.25) is 0 Å². The summed E-state index contributed by atoms with van der Waals surface area (Å²) in [6.07, 6.45) is 9.92. The van der Waals surface area contributed by atoms with Crippen LogP contribution in [-0.4, -0.2) is 45.4 Å². The maximum absolute atomic E-state index is 9.97. The van der Waals surface area contributed by atoms with Crippen molar-refractivity contribution in [3.05, 3.63) is 58.6 Å². The van der Waals surface area contributed by atoms with Gasteiger partial charge < -0.3 is 15.2 Å². The van der Waals surface area contributed by atoms with Crippen molar-refractivity contribution in [2.45, 2.75) is 63.1 Å². The third kappa shape index (κ3) is 4.87. The molecule has 0 unspecified atom stereocenters. The summed E-state index contributed by atoms with van der Waals surface area (Å²) in [5.41, 5.74) is 3.20. The maximum atomic E-state index is 9.97. The fraction of sp³-hybridized carbons (Fsp3) is 0.480. The molecule has 1 saturated heterocycles. The Labute approximate surface area is 193 Å². The Hall–Kier alpha value is -2.28. The monoisotopic (exact) mass is 452 g/mol. The normalized spacial score (nSPS) is 22.2. The van der Waals surface area contributed by atoms with Crippen LogP contribution in [-0.2, 0) is 6.42 Å². The van der Waals surface area contributed by atoms with Gasteiger partial charge in [0, 0.05) is 29.4 Å². The Morgan fingerprint density at radius 3 is 2.47 bits per heavy atom. The largest absolute Gasteiger partial charge is 0.474 e. The minimum Gasteiger partial charge on any atom is -0.474 e. The number of hydrogen-bond donors (Lipinski definition) is 2. The number of hydrogen-bond acceptors (Lipinski definition) is 6. The van der Waals surface area contributed by atoms with Gasteiger partial charge in [-0.05, 0) is 75.2 Å². The van der Waals surface area contributed by atoms with Crippen LogP contribution in [0.3, 0.4) is 0 Å². The third-order valence-corrected chi connectivity index (χ3v) is 6.89. The lowest BCUT2D eigenvalue weighted by Crippen LogP contribution is -2.34. The number of rotatable bonds is 5. The molecule has 0 spiro atoms. The molecular formula is C25H29ClN4O2. The van der Waals surface area contributed by atoms with Crippen LogP contribution >= 0.6 is 11.6 Å². The molecule has 5 rings (SSSR count). The van der Waals surface area contributed by atoms with Gasteiger partial charge in [-0.2, -0.15) is 0 Å². The highest BCUT2D eigenvalue weighted by atomic mass is 35.5. The summed E-state index contributed by atoms with van der Waals surface area (Å²) < 4.78 is 6.31. The lowest BCUT2D eigenvalue weighted by atomic mass is 9.82. The van der Waals surface area contributed by atoms with E-state index < -0.39 is 0 Å². The van der Waals surface area contributed by atoms with Crippen LogP contribution in [0.15, 0.2) is 36.7 Å². The number of aliphatic hydroxyl groups is 1. The molecule has 1 aromatic carbocycles. The molecule has 2 fully saturated rings. The SMILES string of the molecule is OC1CCC(c2cnc(OC3CCNCC3)c3cnc(Cc4ccc(Cl)cc4)nc23)CC1. The number of piperidine rings is 1. The van der Waals surface area contributed by atoms with E-state index in [0.717, 1.165) is 84.5 Å². The zero-order chi connectivity index (χ0) is 21.9. The second kappa shape index (κ2) is 9.69. The number of pyridine rings is 1. The highest BCUT2D eigenvalue weighted by Crippen LogP contribution is 2.37. The lowest BCUT2D eigenvalue weighted by Gasteiger charge is -2.27. The zero-order valence-corrected chi connectivity index (χ0v) is 18.9. The Morgan fingerprint density at radius 1 is 0.969 bits per heavy atom. The molecule has 6 nitrogen and oxygen atoms in total. The van der Waals surface area contributed by atoms with Crippen molar-refractivity contribution in [2.75, 3.05) is 13.1 Å². The maximum Gasteiger partial charge on any atom is 0.224 e. The van der Waals surface area contributed by atoms with Crippen LogP contribution in [0.25, 0.3) is 10.9 Å². The van der Waals surface area contributed by atoms with E-state index in [1.54, 1.807) is 0 Å². The molecule has 32 heavy (non-hydrogen) atoms. The first-order chi connectivity index (χ1) is 15.7. The number of fused-ring (bicyclic) bond motifs is 1. The smallest absolute Gasteiger partial charge is 0.224 e. The summed E-state index contributed by atoms with van der Waals surface area (Å²) in [5.74, 6) is 1.75. The quantitative estimate of drug-likeness (QED) is 0.596. The van der Waals surface area contributed by atoms with E-state index in [2.05, 4.69) is 10.3 Å². The first kappa shape index (κ1) is 21.6. The van der Waals surface area contributed by atoms with Crippen molar-refractivity contribution in [2.24, 2.45) is 0 Å². The van der Waals surface area contributed by atoms with Gasteiger partial charge in [-0.1, -0.05) is 23.7 Å². The Balaban J connectivity index is 1.50. The molecule has 1 aliphatic heterocycles. The predicted molar refractivity (Wildman–Crippen MR) is 125 cm³/mol. The van der Waals surface area contributed by atoms with E-state index in [4.69, 9.17) is 26.3 Å². The minimum absolute atomic E-state index is 0.163. The number of ether oxygens (including phenoxy) is 1. The Bertz CT molecular complexity index is 1060. The number of nitrogens with zero attached hydrogens (tertiary/aromatic N) is 3. The van der Waals surface area contributed by atoms with E-state index in [1.807, 2.05) is 36.7 Å². The highest BCUT2D eigenvalue weighted by molar-refractivity contribution is 6.30. The van der Waals surface area contributed by atoms with E-state index in [-0.39, 0.29) is 12.2 Å². The number of aromatic nitrogens is 3. The van der Waals surface area contributed by atoms with Gasteiger partial charge >= 0.3 is 0 Å². The first-order valence-corrected chi connectivity index (χ1v) is 12.0. The molecule has 2 N–H and O–H groups in total. The van der Waals surface area contributed by atoms with Crippen molar-refractivity contribution in [3.63, 3.8) is 0 Å². The van der Waals surface area contributed by atoms with Crippen LogP contribution in [0, 0.1) is 0 Å². The molecule has 3 heterocycles. The van der Waals surface area contributed by atoms with Crippen molar-refractivity contribution in [3.8, 4) is 5.88 Å². The Morgan fingerprint density at radius 2 is 1.72 bits per heavy atom. The van der Waals surface area contributed by atoms with Gasteiger partial charge in [0.1, 0.15) is 11.9 Å². The van der Waals surface area contributed by atoms with Gasteiger partial charge in [0.25, 0.3) is 0 Å². The van der Waals surface area contributed by atoms with Crippen LogP contribution < -0.4 is 10.1 Å². The highest BCUT2D eigenvalue weighted by Gasteiger charge is 2.25. The predicted octanol–water partition coefficient (Wildman–Crippen LogP) is 4.42. The molecule has 1 aliphatic carbocycles. The number of aliphatic hydroxyl groups excluding tert-OH is 1. The molecule has 7 heteroatoms. The molecule has 168 valence electrons. The van der Waals surface area contributed by atoms with Crippen LogP contribution in [0.5, 0.6) is 5.88 Å². The molecule has 0 atom stereocenters. The van der Waals surface area contributed by atoms with E-state index in [1.165, 1.54) is 0 Å². The van der Waals surface area contributed by atoms with Crippen molar-refractivity contribution < 1.29 is 9.84 Å².